The summed E-state index contributed by atoms with van der Waals surface area (Å²) in [5, 5.41) is 0. The maximum atomic E-state index is 12.7. The highest BCUT2D eigenvalue weighted by Crippen LogP contribution is 2.16. The van der Waals surface area contributed by atoms with Gasteiger partial charge in [-0.25, -0.2) is 0 Å². The molecule has 6 heteroatoms. The first-order valence-electron chi connectivity index (χ1n) is 23.9. The number of esters is 3. The van der Waals surface area contributed by atoms with E-state index in [1.807, 2.05) is 0 Å². The summed E-state index contributed by atoms with van der Waals surface area (Å²) in [6, 6.07) is 0. The Morgan fingerprint density at radius 2 is 0.611 bits per heavy atom. The summed E-state index contributed by atoms with van der Waals surface area (Å²) in [5.74, 6) is -0.0581. The van der Waals surface area contributed by atoms with Gasteiger partial charge in [-0.2, -0.15) is 0 Å². The van der Waals surface area contributed by atoms with Gasteiger partial charge < -0.3 is 14.2 Å². The Labute approximate surface area is 336 Å². The summed E-state index contributed by atoms with van der Waals surface area (Å²) < 4.78 is 16.7. The molecule has 0 aromatic carbocycles. The molecule has 0 aromatic rings. The molecule has 0 rings (SSSR count). The molecular formula is C48H92O6. The lowest BCUT2D eigenvalue weighted by atomic mass is 10.0. The van der Waals surface area contributed by atoms with Crippen LogP contribution in [-0.4, -0.2) is 37.2 Å². The fourth-order valence-electron chi connectivity index (χ4n) is 7.16. The van der Waals surface area contributed by atoms with Gasteiger partial charge in [-0.05, 0) is 25.2 Å². The molecule has 0 unspecified atom stereocenters. The van der Waals surface area contributed by atoms with E-state index in [0.717, 1.165) is 63.7 Å². The standard InChI is InChI=1S/C48H92O6/c1-5-7-9-11-13-15-16-17-18-19-20-21-23-29-33-37-41-48(51)54-45(42-52-46(49)39-35-31-27-22-14-12-10-8-6-2)43-53-47(50)40-36-32-28-25-24-26-30-34-38-44(3)4/h44-45H,5-43H2,1-4H3/t45-/m0/s1. The highest BCUT2D eigenvalue weighted by molar-refractivity contribution is 5.71. The summed E-state index contributed by atoms with van der Waals surface area (Å²) >= 11 is 0. The van der Waals surface area contributed by atoms with Crippen molar-refractivity contribution in [3.05, 3.63) is 0 Å². The molecule has 0 aliphatic carbocycles. The van der Waals surface area contributed by atoms with Crippen molar-refractivity contribution >= 4 is 17.9 Å². The van der Waals surface area contributed by atoms with Crippen molar-refractivity contribution in [3.8, 4) is 0 Å². The van der Waals surface area contributed by atoms with E-state index in [1.165, 1.54) is 161 Å². The third-order valence-electron chi connectivity index (χ3n) is 10.8. The van der Waals surface area contributed by atoms with Crippen LogP contribution in [-0.2, 0) is 28.6 Å². The van der Waals surface area contributed by atoms with Crippen LogP contribution in [0.5, 0.6) is 0 Å². The van der Waals surface area contributed by atoms with Crippen molar-refractivity contribution in [1.29, 1.82) is 0 Å². The third kappa shape index (κ3) is 41.6. The fourth-order valence-corrected chi connectivity index (χ4v) is 7.16. The second kappa shape index (κ2) is 42.6. The average Bonchev–Trinajstić information content (AvgIpc) is 3.15. The quantitative estimate of drug-likeness (QED) is 0.0349. The van der Waals surface area contributed by atoms with Crippen molar-refractivity contribution in [2.45, 2.75) is 271 Å². The summed E-state index contributed by atoms with van der Waals surface area (Å²) in [6.45, 7) is 8.96. The van der Waals surface area contributed by atoms with Crippen LogP contribution in [0.1, 0.15) is 265 Å². The highest BCUT2D eigenvalue weighted by Gasteiger charge is 2.19. The molecule has 0 spiro atoms. The van der Waals surface area contributed by atoms with Crippen LogP contribution in [0.25, 0.3) is 0 Å². The Morgan fingerprint density at radius 3 is 0.907 bits per heavy atom. The number of hydrogen-bond donors (Lipinski definition) is 0. The first-order chi connectivity index (χ1) is 26.4. The number of hydrogen-bond acceptors (Lipinski definition) is 6. The molecule has 0 heterocycles. The first kappa shape index (κ1) is 52.4. The monoisotopic (exact) mass is 765 g/mol. The summed E-state index contributed by atoms with van der Waals surface area (Å²) in [5.41, 5.74) is 0. The van der Waals surface area contributed by atoms with E-state index in [2.05, 4.69) is 27.7 Å². The SMILES string of the molecule is CCCCCCCCCCCCCCCCCCC(=O)O[C@@H](COC(=O)CCCCCCCCCCC)COC(=O)CCCCCCCCCCC(C)C. The molecule has 6 nitrogen and oxygen atoms in total. The number of rotatable bonds is 43. The smallest absolute Gasteiger partial charge is 0.306 e. The van der Waals surface area contributed by atoms with Crippen LogP contribution >= 0.6 is 0 Å². The van der Waals surface area contributed by atoms with Gasteiger partial charge in [-0.1, -0.05) is 227 Å². The van der Waals surface area contributed by atoms with Crippen molar-refractivity contribution < 1.29 is 28.6 Å². The van der Waals surface area contributed by atoms with Crippen molar-refractivity contribution in [2.24, 2.45) is 5.92 Å². The molecule has 0 aliphatic heterocycles. The first-order valence-corrected chi connectivity index (χ1v) is 23.9. The van der Waals surface area contributed by atoms with Gasteiger partial charge in [0, 0.05) is 19.3 Å². The largest absolute Gasteiger partial charge is 0.462 e. The highest BCUT2D eigenvalue weighted by atomic mass is 16.6. The molecule has 54 heavy (non-hydrogen) atoms. The molecule has 0 saturated heterocycles. The van der Waals surface area contributed by atoms with Gasteiger partial charge in [0.25, 0.3) is 0 Å². The molecule has 0 fully saturated rings. The van der Waals surface area contributed by atoms with Crippen molar-refractivity contribution in [2.75, 3.05) is 13.2 Å². The zero-order valence-corrected chi connectivity index (χ0v) is 36.7. The molecule has 320 valence electrons. The molecule has 1 atom stereocenters. The molecule has 0 radical (unpaired) electrons. The molecule has 0 saturated carbocycles. The van der Waals surface area contributed by atoms with E-state index in [0.29, 0.717) is 19.3 Å². The van der Waals surface area contributed by atoms with E-state index < -0.39 is 6.10 Å². The third-order valence-corrected chi connectivity index (χ3v) is 10.8. The van der Waals surface area contributed by atoms with E-state index in [9.17, 15) is 14.4 Å². The van der Waals surface area contributed by atoms with Gasteiger partial charge in [-0.3, -0.25) is 14.4 Å². The lowest BCUT2D eigenvalue weighted by molar-refractivity contribution is -0.167. The van der Waals surface area contributed by atoms with E-state index in [1.54, 1.807) is 0 Å². The minimum Gasteiger partial charge on any atom is -0.462 e. The van der Waals surface area contributed by atoms with Gasteiger partial charge in [0.2, 0.25) is 0 Å². The van der Waals surface area contributed by atoms with Gasteiger partial charge in [-0.15, -0.1) is 0 Å². The summed E-state index contributed by atoms with van der Waals surface area (Å²) in [4.78, 5) is 37.7. The molecular weight excluding hydrogens is 673 g/mol. The van der Waals surface area contributed by atoms with Crippen molar-refractivity contribution in [3.63, 3.8) is 0 Å². The van der Waals surface area contributed by atoms with Gasteiger partial charge >= 0.3 is 17.9 Å². The number of unbranched alkanes of at least 4 members (excludes halogenated alkanes) is 30. The Hall–Kier alpha value is -1.59. The number of carbonyl (C=O) groups excluding carboxylic acids is 3. The van der Waals surface area contributed by atoms with Crippen LogP contribution in [0.4, 0.5) is 0 Å². The topological polar surface area (TPSA) is 78.9 Å². The van der Waals surface area contributed by atoms with E-state index in [-0.39, 0.29) is 31.1 Å². The molecule has 0 bridgehead atoms. The maximum absolute atomic E-state index is 12.7. The number of ether oxygens (including phenoxy) is 3. The predicted molar refractivity (Wildman–Crippen MR) is 229 cm³/mol. The van der Waals surface area contributed by atoms with Crippen LogP contribution in [0, 0.1) is 5.92 Å². The second-order valence-corrected chi connectivity index (χ2v) is 16.9. The normalized spacial score (nSPS) is 11.9. The Morgan fingerprint density at radius 1 is 0.352 bits per heavy atom. The van der Waals surface area contributed by atoms with Gasteiger partial charge in [0.1, 0.15) is 13.2 Å². The lowest BCUT2D eigenvalue weighted by Crippen LogP contribution is -2.30. The fraction of sp³-hybridized carbons (Fsp3) is 0.938. The van der Waals surface area contributed by atoms with Crippen LogP contribution in [0.2, 0.25) is 0 Å². The van der Waals surface area contributed by atoms with E-state index >= 15 is 0 Å². The maximum Gasteiger partial charge on any atom is 0.306 e. The lowest BCUT2D eigenvalue weighted by Gasteiger charge is -2.18. The van der Waals surface area contributed by atoms with Crippen LogP contribution in [0.3, 0.4) is 0 Å². The Kier molecular flexibility index (Phi) is 41.3. The zero-order chi connectivity index (χ0) is 39.6. The molecule has 0 aromatic heterocycles. The van der Waals surface area contributed by atoms with Crippen LogP contribution in [0.15, 0.2) is 0 Å². The van der Waals surface area contributed by atoms with Crippen molar-refractivity contribution in [1.82, 2.24) is 0 Å². The Bertz CT molecular complexity index is 811. The zero-order valence-electron chi connectivity index (χ0n) is 36.7. The van der Waals surface area contributed by atoms with Gasteiger partial charge in [0.15, 0.2) is 6.10 Å². The molecule has 0 aliphatic rings. The second-order valence-electron chi connectivity index (χ2n) is 16.9. The van der Waals surface area contributed by atoms with Gasteiger partial charge in [0.05, 0.1) is 0 Å². The summed E-state index contributed by atoms with van der Waals surface area (Å²) in [6.07, 6.45) is 42.3. The van der Waals surface area contributed by atoms with Crippen LogP contribution < -0.4 is 0 Å². The molecule has 0 amide bonds. The van der Waals surface area contributed by atoms with E-state index in [4.69, 9.17) is 14.2 Å². The number of carbonyl (C=O) groups is 3. The molecule has 0 N–H and O–H groups in total. The minimum absolute atomic E-state index is 0.0641. The summed E-state index contributed by atoms with van der Waals surface area (Å²) in [7, 11) is 0. The minimum atomic E-state index is -0.759. The average molecular weight is 765 g/mol. The predicted octanol–water partition coefficient (Wildman–Crippen LogP) is 15.1. The Balaban J connectivity index is 4.28.